The lowest BCUT2D eigenvalue weighted by atomic mass is 9.72. The second kappa shape index (κ2) is 5.08. The molecule has 1 aromatic rings. The molecule has 2 rings (SSSR count). The monoisotopic (exact) mass is 285 g/mol. The molecule has 1 amide bonds. The Balaban J connectivity index is 2.48. The average Bonchev–Trinajstić information content (AvgIpc) is 2.32. The Morgan fingerprint density at radius 1 is 1.50 bits per heavy atom. The number of aromatic carboxylic acids is 1. The highest BCUT2D eigenvalue weighted by atomic mass is 19.2. The van der Waals surface area contributed by atoms with Crippen LogP contribution in [0, 0.1) is 11.6 Å². The third kappa shape index (κ3) is 2.44. The van der Waals surface area contributed by atoms with Crippen molar-refractivity contribution < 1.29 is 33.2 Å². The van der Waals surface area contributed by atoms with Gasteiger partial charge < -0.3 is 20.1 Å². The minimum atomic E-state index is -1.71. The molecule has 0 aliphatic carbocycles. The summed E-state index contributed by atoms with van der Waals surface area (Å²) in [4.78, 5) is 21.9. The van der Waals surface area contributed by atoms with E-state index in [1.54, 1.807) is 0 Å². The van der Waals surface area contributed by atoms with Crippen LogP contribution in [0.5, 0.6) is 5.75 Å². The lowest BCUT2D eigenvalue weighted by Crippen LogP contribution is -2.52. The number of fused-ring (bicyclic) bond motifs is 1. The number of halogens is 2. The fourth-order valence-electron chi connectivity index (χ4n) is 2.06. The van der Waals surface area contributed by atoms with Crippen LogP contribution in [-0.2, 0) is 11.2 Å². The van der Waals surface area contributed by atoms with Crippen LogP contribution < -0.4 is 9.97 Å². The maximum atomic E-state index is 13.5. The number of carboxylic acids is 1. The van der Waals surface area contributed by atoms with Crippen LogP contribution >= 0.6 is 0 Å². The van der Waals surface area contributed by atoms with Gasteiger partial charge in [0, 0.05) is 6.92 Å². The summed E-state index contributed by atoms with van der Waals surface area (Å²) >= 11 is 0. The van der Waals surface area contributed by atoms with Gasteiger partial charge in [-0.15, -0.1) is 0 Å². The van der Waals surface area contributed by atoms with Gasteiger partial charge in [0.1, 0.15) is 11.3 Å². The van der Waals surface area contributed by atoms with Crippen LogP contribution in [0.1, 0.15) is 22.8 Å². The van der Waals surface area contributed by atoms with Crippen LogP contribution in [0.2, 0.25) is 0 Å². The molecule has 0 bridgehead atoms. The van der Waals surface area contributed by atoms with Crippen LogP contribution in [0.25, 0.3) is 0 Å². The Morgan fingerprint density at radius 2 is 2.15 bits per heavy atom. The van der Waals surface area contributed by atoms with Crippen molar-refractivity contribution >= 4 is 19.0 Å². The summed E-state index contributed by atoms with van der Waals surface area (Å²) in [5.74, 6) is -6.33. The fraction of sp³-hybridized carbons (Fsp3) is 0.273. The summed E-state index contributed by atoms with van der Waals surface area (Å²) in [7, 11) is -1.55. The Bertz CT molecular complexity index is 595. The number of amides is 1. The van der Waals surface area contributed by atoms with E-state index >= 15 is 0 Å². The number of hydrogen-bond acceptors (Lipinski definition) is 4. The first-order chi connectivity index (χ1) is 9.31. The summed E-state index contributed by atoms with van der Waals surface area (Å²) in [6.07, 6.45) is -0.0758. The van der Waals surface area contributed by atoms with E-state index < -0.39 is 47.9 Å². The molecule has 6 nitrogen and oxygen atoms in total. The number of benzene rings is 1. The molecule has 1 atom stereocenters. The number of hydrogen-bond donors (Lipinski definition) is 3. The zero-order valence-corrected chi connectivity index (χ0v) is 10.3. The third-order valence-corrected chi connectivity index (χ3v) is 2.87. The van der Waals surface area contributed by atoms with Crippen molar-refractivity contribution in [3.8, 4) is 5.75 Å². The van der Waals surface area contributed by atoms with Gasteiger partial charge in [0.05, 0.1) is 5.94 Å². The van der Waals surface area contributed by atoms with Gasteiger partial charge in [-0.05, 0) is 18.1 Å². The standard InChI is InChI=1S/C11H10BF2NO5/c1-4(16)15-7-3-5-2-6(13)9(14)8(11(17)18)10(5)20-12(7)19/h2,7,19H,3H2,1H3,(H,15,16)(H,17,18)/t7-/m0/s1. The van der Waals surface area contributed by atoms with E-state index in [0.29, 0.717) is 0 Å². The van der Waals surface area contributed by atoms with E-state index in [-0.39, 0.29) is 12.0 Å². The zero-order valence-electron chi connectivity index (χ0n) is 10.3. The lowest BCUT2D eigenvalue weighted by molar-refractivity contribution is -0.119. The molecule has 0 fully saturated rings. The van der Waals surface area contributed by atoms with Gasteiger partial charge in [0.25, 0.3) is 0 Å². The van der Waals surface area contributed by atoms with Crippen LogP contribution in [0.15, 0.2) is 6.07 Å². The molecule has 0 unspecified atom stereocenters. The summed E-state index contributed by atoms with van der Waals surface area (Å²) in [5.41, 5.74) is -0.911. The number of nitrogens with one attached hydrogen (secondary N) is 1. The normalized spacial score (nSPS) is 17.2. The quantitative estimate of drug-likeness (QED) is 0.671. The molecule has 9 heteroatoms. The smallest absolute Gasteiger partial charge is 0.534 e. The largest absolute Gasteiger partial charge is 0.547 e. The van der Waals surface area contributed by atoms with Crippen molar-refractivity contribution in [3.63, 3.8) is 0 Å². The molecule has 0 aromatic heterocycles. The van der Waals surface area contributed by atoms with E-state index in [0.717, 1.165) is 6.07 Å². The first-order valence-electron chi connectivity index (χ1n) is 5.67. The SMILES string of the molecule is CC(=O)N[C@H]1Cc2cc(F)c(F)c(C(=O)O)c2OB1O. The van der Waals surface area contributed by atoms with Crippen molar-refractivity contribution in [2.75, 3.05) is 0 Å². The molecule has 1 heterocycles. The zero-order chi connectivity index (χ0) is 15.0. The average molecular weight is 285 g/mol. The molecule has 20 heavy (non-hydrogen) atoms. The van der Waals surface area contributed by atoms with E-state index in [2.05, 4.69) is 5.32 Å². The Morgan fingerprint density at radius 3 is 2.70 bits per heavy atom. The minimum Gasteiger partial charge on any atom is -0.534 e. The number of carbonyl (C=O) groups is 2. The number of carbonyl (C=O) groups excluding carboxylic acids is 1. The fourth-order valence-corrected chi connectivity index (χ4v) is 2.06. The van der Waals surface area contributed by atoms with Gasteiger partial charge in [0.2, 0.25) is 5.91 Å². The van der Waals surface area contributed by atoms with Gasteiger partial charge in [0.15, 0.2) is 11.6 Å². The summed E-state index contributed by atoms with van der Waals surface area (Å²) < 4.78 is 31.8. The third-order valence-electron chi connectivity index (χ3n) is 2.87. The van der Waals surface area contributed by atoms with E-state index in [1.165, 1.54) is 6.92 Å². The van der Waals surface area contributed by atoms with Crippen molar-refractivity contribution in [1.29, 1.82) is 0 Å². The van der Waals surface area contributed by atoms with Crippen molar-refractivity contribution in [1.82, 2.24) is 5.32 Å². The van der Waals surface area contributed by atoms with Gasteiger partial charge in [-0.2, -0.15) is 0 Å². The first-order valence-corrected chi connectivity index (χ1v) is 5.67. The second-order valence-corrected chi connectivity index (χ2v) is 4.36. The molecule has 0 spiro atoms. The van der Waals surface area contributed by atoms with Gasteiger partial charge in [-0.3, -0.25) is 4.79 Å². The van der Waals surface area contributed by atoms with Gasteiger partial charge >= 0.3 is 13.1 Å². The predicted molar refractivity (Wildman–Crippen MR) is 63.2 cm³/mol. The van der Waals surface area contributed by atoms with E-state index in [4.69, 9.17) is 9.76 Å². The molecule has 1 aromatic carbocycles. The maximum absolute atomic E-state index is 13.5. The number of rotatable bonds is 2. The summed E-state index contributed by atoms with van der Waals surface area (Å²) in [6.45, 7) is 1.22. The highest BCUT2D eigenvalue weighted by Crippen LogP contribution is 2.33. The topological polar surface area (TPSA) is 95.9 Å². The molecule has 0 radical (unpaired) electrons. The lowest BCUT2D eigenvalue weighted by Gasteiger charge is -2.28. The van der Waals surface area contributed by atoms with Crippen LogP contribution in [0.4, 0.5) is 8.78 Å². The van der Waals surface area contributed by atoms with Gasteiger partial charge in [-0.25, -0.2) is 13.6 Å². The summed E-state index contributed by atoms with van der Waals surface area (Å²) in [6, 6.07) is 0.789. The second-order valence-electron chi connectivity index (χ2n) is 4.36. The maximum Gasteiger partial charge on any atom is 0.547 e. The molecule has 0 saturated carbocycles. The van der Waals surface area contributed by atoms with E-state index in [1.807, 2.05) is 0 Å². The molecule has 106 valence electrons. The predicted octanol–water partition coefficient (Wildman–Crippen LogP) is 0.122. The minimum absolute atomic E-state index is 0.0605. The molecular formula is C11H10BF2NO5. The highest BCUT2D eigenvalue weighted by molar-refractivity contribution is 6.47. The Labute approximate surface area is 112 Å². The number of carboxylic acid groups (broad SMARTS) is 1. The van der Waals surface area contributed by atoms with Crippen LogP contribution in [-0.4, -0.2) is 35.1 Å². The molecule has 1 aliphatic rings. The van der Waals surface area contributed by atoms with Crippen molar-refractivity contribution in [2.24, 2.45) is 0 Å². The Kier molecular flexibility index (Phi) is 3.62. The van der Waals surface area contributed by atoms with Gasteiger partial charge in [-0.1, -0.05) is 0 Å². The molecular weight excluding hydrogens is 275 g/mol. The highest BCUT2D eigenvalue weighted by Gasteiger charge is 2.39. The molecule has 3 N–H and O–H groups in total. The van der Waals surface area contributed by atoms with Crippen molar-refractivity contribution in [2.45, 2.75) is 19.3 Å². The first kappa shape index (κ1) is 14.3. The molecule has 0 saturated heterocycles. The Hall–Kier alpha value is -2.16. The van der Waals surface area contributed by atoms with E-state index in [9.17, 15) is 23.4 Å². The molecule has 1 aliphatic heterocycles. The van der Waals surface area contributed by atoms with Crippen LogP contribution in [0.3, 0.4) is 0 Å². The van der Waals surface area contributed by atoms with Crippen molar-refractivity contribution in [3.05, 3.63) is 28.8 Å². The summed E-state index contributed by atoms with van der Waals surface area (Å²) in [5, 5.41) is 21.0.